The third kappa shape index (κ3) is 4.46. The van der Waals surface area contributed by atoms with Gasteiger partial charge in [0, 0.05) is 11.1 Å². The first kappa shape index (κ1) is 25.0. The second kappa shape index (κ2) is 10.4. The molecule has 8 nitrogen and oxygen atoms in total. The number of allylic oxidation sites excluding steroid dienone is 1. The molecule has 0 fully saturated rings. The van der Waals surface area contributed by atoms with Crippen LogP contribution >= 0.6 is 11.6 Å². The number of nitrogens with zero attached hydrogens (tertiary/aromatic N) is 2. The van der Waals surface area contributed by atoms with Gasteiger partial charge >= 0.3 is 0 Å². The van der Waals surface area contributed by atoms with Gasteiger partial charge in [-0.3, -0.25) is 5.10 Å². The van der Waals surface area contributed by atoms with Gasteiger partial charge in [-0.25, -0.2) is 4.39 Å². The molecule has 0 bridgehead atoms. The van der Waals surface area contributed by atoms with Crippen molar-refractivity contribution in [3.63, 3.8) is 0 Å². The summed E-state index contributed by atoms with van der Waals surface area (Å²) < 4.78 is 36.8. The molecule has 1 aromatic heterocycles. The molecule has 0 saturated carbocycles. The van der Waals surface area contributed by atoms with E-state index in [1.807, 2.05) is 6.07 Å². The van der Waals surface area contributed by atoms with Crippen LogP contribution in [0.15, 0.2) is 72.1 Å². The van der Waals surface area contributed by atoms with Crippen molar-refractivity contribution in [2.75, 3.05) is 14.2 Å². The van der Waals surface area contributed by atoms with Gasteiger partial charge in [-0.05, 0) is 48.0 Å². The van der Waals surface area contributed by atoms with E-state index in [9.17, 15) is 9.65 Å². The number of nitriles is 1. The van der Waals surface area contributed by atoms with Crippen molar-refractivity contribution in [2.24, 2.45) is 5.73 Å². The van der Waals surface area contributed by atoms with E-state index in [4.69, 9.17) is 36.3 Å². The van der Waals surface area contributed by atoms with E-state index in [1.54, 1.807) is 56.7 Å². The van der Waals surface area contributed by atoms with Crippen molar-refractivity contribution in [3.8, 4) is 40.5 Å². The van der Waals surface area contributed by atoms with E-state index in [-0.39, 0.29) is 34.5 Å². The molecule has 3 N–H and O–H groups in total. The van der Waals surface area contributed by atoms with Gasteiger partial charge in [0.15, 0.2) is 0 Å². The summed E-state index contributed by atoms with van der Waals surface area (Å²) in [5.74, 6) is 0.705. The Bertz CT molecular complexity index is 1570. The van der Waals surface area contributed by atoms with Gasteiger partial charge in [0.1, 0.15) is 41.3 Å². The van der Waals surface area contributed by atoms with Crippen molar-refractivity contribution in [1.82, 2.24) is 10.2 Å². The van der Waals surface area contributed by atoms with E-state index in [1.165, 1.54) is 12.1 Å². The average Bonchev–Trinajstić information content (AvgIpc) is 3.34. The van der Waals surface area contributed by atoms with Gasteiger partial charge in [-0.15, -0.1) is 5.10 Å². The molecule has 0 amide bonds. The second-order valence-electron chi connectivity index (χ2n) is 8.37. The number of aromatic amines is 1. The van der Waals surface area contributed by atoms with Crippen LogP contribution in [0.4, 0.5) is 4.39 Å². The molecular weight excluding hydrogens is 511 g/mol. The highest BCUT2D eigenvalue weighted by Gasteiger charge is 2.36. The lowest BCUT2D eigenvalue weighted by Crippen LogP contribution is -2.21. The van der Waals surface area contributed by atoms with Crippen LogP contribution in [0, 0.1) is 17.1 Å². The molecule has 1 aliphatic rings. The van der Waals surface area contributed by atoms with Crippen LogP contribution in [0.2, 0.25) is 5.02 Å². The number of fused-ring (bicyclic) bond motifs is 1. The van der Waals surface area contributed by atoms with Crippen molar-refractivity contribution in [1.29, 1.82) is 5.26 Å². The van der Waals surface area contributed by atoms with Gasteiger partial charge in [0.2, 0.25) is 11.8 Å². The van der Waals surface area contributed by atoms with E-state index < -0.39 is 11.7 Å². The molecule has 2 heterocycles. The van der Waals surface area contributed by atoms with Gasteiger partial charge in [0.05, 0.1) is 36.4 Å². The number of nitrogens with one attached hydrogen (secondary N) is 1. The third-order valence-corrected chi connectivity index (χ3v) is 6.61. The second-order valence-corrected chi connectivity index (χ2v) is 8.78. The highest BCUT2D eigenvalue weighted by Crippen LogP contribution is 2.48. The van der Waals surface area contributed by atoms with Crippen molar-refractivity contribution < 1.29 is 23.3 Å². The molecule has 0 saturated heterocycles. The first-order valence-corrected chi connectivity index (χ1v) is 11.9. The lowest BCUT2D eigenvalue weighted by atomic mass is 9.83. The Hall–Kier alpha value is -4.68. The molecule has 1 atom stereocenters. The molecule has 38 heavy (non-hydrogen) atoms. The summed E-state index contributed by atoms with van der Waals surface area (Å²) in [6, 6.07) is 19.1. The average molecular weight is 533 g/mol. The van der Waals surface area contributed by atoms with Crippen LogP contribution in [-0.4, -0.2) is 24.4 Å². The highest BCUT2D eigenvalue weighted by atomic mass is 35.5. The summed E-state index contributed by atoms with van der Waals surface area (Å²) in [7, 11) is 3.13. The molecule has 0 spiro atoms. The topological polar surface area (TPSA) is 115 Å². The monoisotopic (exact) mass is 532 g/mol. The Morgan fingerprint density at radius 1 is 1.11 bits per heavy atom. The standard InChI is InChI=1S/C28H22ClFN4O4/c1-35-16-9-10-23(36-2)18(12-16)26-25-24(19(13-31)27(32)38-28(25)34-33-26)15-5-3-6-17(11-15)37-14-20-21(29)7-4-8-22(20)30/h3-12,24H,14,32H2,1-2H3,(H,33,34). The Balaban J connectivity index is 1.59. The summed E-state index contributed by atoms with van der Waals surface area (Å²) in [5.41, 5.74) is 9.11. The van der Waals surface area contributed by atoms with E-state index in [2.05, 4.69) is 16.3 Å². The van der Waals surface area contributed by atoms with Crippen molar-refractivity contribution in [3.05, 3.63) is 99.7 Å². The number of H-pyrrole nitrogens is 1. The first-order valence-electron chi connectivity index (χ1n) is 11.5. The number of ether oxygens (including phenoxy) is 4. The maximum atomic E-state index is 14.3. The van der Waals surface area contributed by atoms with Crippen LogP contribution in [0.5, 0.6) is 23.1 Å². The Kier molecular flexibility index (Phi) is 6.81. The lowest BCUT2D eigenvalue weighted by molar-refractivity contribution is 0.299. The predicted octanol–water partition coefficient (Wildman–Crippen LogP) is 5.68. The quantitative estimate of drug-likeness (QED) is 0.314. The maximum absolute atomic E-state index is 14.3. The zero-order chi connectivity index (χ0) is 26.8. The number of nitrogens with two attached hydrogens (primary N) is 1. The fourth-order valence-electron chi connectivity index (χ4n) is 4.40. The smallest absolute Gasteiger partial charge is 0.244 e. The molecule has 4 aromatic rings. The molecule has 1 aliphatic heterocycles. The summed E-state index contributed by atoms with van der Waals surface area (Å²) in [6.45, 7) is -0.0744. The number of hydrogen-bond acceptors (Lipinski definition) is 7. The highest BCUT2D eigenvalue weighted by molar-refractivity contribution is 6.31. The van der Waals surface area contributed by atoms with Crippen LogP contribution in [-0.2, 0) is 6.61 Å². The normalized spacial score (nSPS) is 14.3. The van der Waals surface area contributed by atoms with Crippen molar-refractivity contribution in [2.45, 2.75) is 12.5 Å². The lowest BCUT2D eigenvalue weighted by Gasteiger charge is -2.25. The zero-order valence-corrected chi connectivity index (χ0v) is 21.2. The van der Waals surface area contributed by atoms with Crippen LogP contribution in [0.1, 0.15) is 22.6 Å². The van der Waals surface area contributed by atoms with Crippen molar-refractivity contribution >= 4 is 11.6 Å². The summed E-state index contributed by atoms with van der Waals surface area (Å²) in [6.07, 6.45) is 0. The largest absolute Gasteiger partial charge is 0.497 e. The summed E-state index contributed by atoms with van der Waals surface area (Å²) >= 11 is 6.15. The van der Waals surface area contributed by atoms with E-state index in [0.717, 1.165) is 0 Å². The maximum Gasteiger partial charge on any atom is 0.244 e. The molecule has 0 aliphatic carbocycles. The Morgan fingerprint density at radius 2 is 1.92 bits per heavy atom. The minimum Gasteiger partial charge on any atom is -0.497 e. The number of methoxy groups -OCH3 is 2. The zero-order valence-electron chi connectivity index (χ0n) is 20.4. The molecule has 3 aromatic carbocycles. The predicted molar refractivity (Wildman–Crippen MR) is 139 cm³/mol. The number of halogens is 2. The molecule has 0 radical (unpaired) electrons. The minimum absolute atomic E-state index is 0.0508. The fraction of sp³-hybridized carbons (Fsp3) is 0.143. The summed E-state index contributed by atoms with van der Waals surface area (Å²) in [4.78, 5) is 0. The number of benzene rings is 3. The van der Waals surface area contributed by atoms with Gasteiger partial charge in [-0.2, -0.15) is 5.26 Å². The molecule has 10 heteroatoms. The minimum atomic E-state index is -0.644. The number of hydrogen-bond donors (Lipinski definition) is 2. The molecule has 192 valence electrons. The van der Waals surface area contributed by atoms with E-state index in [0.29, 0.717) is 39.6 Å². The first-order chi connectivity index (χ1) is 18.4. The van der Waals surface area contributed by atoms with Gasteiger partial charge in [0.25, 0.3) is 0 Å². The SMILES string of the molecule is COc1ccc(OC)c(-c2[nH]nc3c2C(c2cccc(OCc4c(F)cccc4Cl)c2)C(C#N)=C(N)O3)c1. The third-order valence-electron chi connectivity index (χ3n) is 6.25. The van der Waals surface area contributed by atoms with E-state index >= 15 is 0 Å². The van der Waals surface area contributed by atoms with Crippen LogP contribution in [0.25, 0.3) is 11.3 Å². The fourth-order valence-corrected chi connectivity index (χ4v) is 4.62. The summed E-state index contributed by atoms with van der Waals surface area (Å²) in [5, 5.41) is 17.7. The number of aromatic nitrogens is 2. The van der Waals surface area contributed by atoms with Crippen LogP contribution in [0.3, 0.4) is 0 Å². The molecule has 5 rings (SSSR count). The molecule has 1 unspecified atom stereocenters. The Morgan fingerprint density at radius 3 is 2.66 bits per heavy atom. The van der Waals surface area contributed by atoms with Gasteiger partial charge < -0.3 is 24.7 Å². The van der Waals surface area contributed by atoms with Gasteiger partial charge in [-0.1, -0.05) is 29.8 Å². The Labute approximate surface area is 223 Å². The van der Waals surface area contributed by atoms with Crippen LogP contribution < -0.4 is 24.7 Å². The molecular formula is C28H22ClFN4O4. The number of rotatable bonds is 7.